The molecule has 0 aliphatic carbocycles. The molecular formula is C25H20F3N7O. The van der Waals surface area contributed by atoms with Gasteiger partial charge in [0.1, 0.15) is 17.4 Å². The Hall–Kier alpha value is -4.67. The summed E-state index contributed by atoms with van der Waals surface area (Å²) in [7, 11) is 1.50. The van der Waals surface area contributed by atoms with Crippen LogP contribution in [-0.4, -0.2) is 37.0 Å². The molecular weight excluding hydrogens is 471 g/mol. The number of aryl methyl sites for hydroxylation is 1. The lowest BCUT2D eigenvalue weighted by atomic mass is 10.1. The maximum Gasteiger partial charge on any atom is 0.433 e. The van der Waals surface area contributed by atoms with E-state index >= 15 is 0 Å². The van der Waals surface area contributed by atoms with E-state index in [9.17, 15) is 13.2 Å². The van der Waals surface area contributed by atoms with E-state index in [4.69, 9.17) is 4.74 Å². The van der Waals surface area contributed by atoms with Crippen LogP contribution in [0.1, 0.15) is 11.4 Å². The molecule has 11 heteroatoms. The Balaban J connectivity index is 1.49. The van der Waals surface area contributed by atoms with E-state index < -0.39 is 11.9 Å². The summed E-state index contributed by atoms with van der Waals surface area (Å²) >= 11 is 0. The highest BCUT2D eigenvalue weighted by Gasteiger charge is 2.34. The standard InChI is InChI=1S/C25H20F3N7O/c1-14-13-31-23(32-14)18-8-7-17(11-20(18)36-2)33-24-34-19(12-21(35-24)25(26,27)28)15-3-5-16(6-4-15)22-29-9-10-30-22/h3-13H,1-2H3,(H,29,30)(H,31,32)(H,33,34,35). The van der Waals surface area contributed by atoms with Crippen molar-refractivity contribution in [2.75, 3.05) is 12.4 Å². The van der Waals surface area contributed by atoms with Gasteiger partial charge in [-0.05, 0) is 25.1 Å². The number of hydrogen-bond acceptors (Lipinski definition) is 6. The van der Waals surface area contributed by atoms with E-state index in [-0.39, 0.29) is 11.6 Å². The number of halogens is 3. The molecule has 3 N–H and O–H groups in total. The normalized spacial score (nSPS) is 11.5. The van der Waals surface area contributed by atoms with Gasteiger partial charge >= 0.3 is 6.18 Å². The summed E-state index contributed by atoms with van der Waals surface area (Å²) in [5.41, 5.74) is 2.42. The van der Waals surface area contributed by atoms with Crippen LogP contribution in [0.3, 0.4) is 0 Å². The van der Waals surface area contributed by atoms with Gasteiger partial charge in [-0.25, -0.2) is 19.9 Å². The summed E-state index contributed by atoms with van der Waals surface area (Å²) in [6.07, 6.45) is 0.359. The Kier molecular flexibility index (Phi) is 5.88. The quantitative estimate of drug-likeness (QED) is 0.269. The second-order valence-corrected chi connectivity index (χ2v) is 7.93. The number of aromatic nitrogens is 6. The highest BCUT2D eigenvalue weighted by atomic mass is 19.4. The molecule has 3 aromatic heterocycles. The monoisotopic (exact) mass is 491 g/mol. The first-order chi connectivity index (χ1) is 17.3. The zero-order valence-electron chi connectivity index (χ0n) is 19.2. The topological polar surface area (TPSA) is 104 Å². The molecule has 0 saturated carbocycles. The molecule has 0 spiro atoms. The molecule has 0 aliphatic heterocycles. The molecule has 0 radical (unpaired) electrons. The number of imidazole rings is 2. The van der Waals surface area contributed by atoms with E-state index in [1.54, 1.807) is 61.1 Å². The number of hydrogen-bond donors (Lipinski definition) is 3. The van der Waals surface area contributed by atoms with E-state index in [2.05, 4.69) is 35.2 Å². The van der Waals surface area contributed by atoms with Gasteiger partial charge in [-0.1, -0.05) is 24.3 Å². The fourth-order valence-corrected chi connectivity index (χ4v) is 3.66. The van der Waals surface area contributed by atoms with Gasteiger partial charge in [0, 0.05) is 47.2 Å². The highest BCUT2D eigenvalue weighted by Crippen LogP contribution is 2.34. The second kappa shape index (κ2) is 9.17. The average Bonchev–Trinajstić information content (AvgIpc) is 3.56. The van der Waals surface area contributed by atoms with Crippen molar-refractivity contribution in [2.45, 2.75) is 13.1 Å². The van der Waals surface area contributed by atoms with Gasteiger partial charge in [-0.2, -0.15) is 13.2 Å². The van der Waals surface area contributed by atoms with Crippen LogP contribution in [0.2, 0.25) is 0 Å². The molecule has 36 heavy (non-hydrogen) atoms. The predicted octanol–water partition coefficient (Wildman–Crippen LogP) is 6.00. The summed E-state index contributed by atoms with van der Waals surface area (Å²) < 4.78 is 46.4. The van der Waals surface area contributed by atoms with E-state index in [1.807, 2.05) is 6.92 Å². The number of nitrogens with one attached hydrogen (secondary N) is 3. The van der Waals surface area contributed by atoms with Crippen molar-refractivity contribution in [3.63, 3.8) is 0 Å². The molecule has 5 aromatic rings. The lowest BCUT2D eigenvalue weighted by Crippen LogP contribution is -2.11. The molecule has 5 rings (SSSR count). The SMILES string of the molecule is COc1cc(Nc2nc(-c3ccc(-c4ncc[nH]4)cc3)cc(C(F)(F)F)n2)ccc1-c1ncc(C)[nH]1. The zero-order chi connectivity index (χ0) is 25.3. The Morgan fingerprint density at radius 1 is 0.917 bits per heavy atom. The summed E-state index contributed by atoms with van der Waals surface area (Å²) in [6.45, 7) is 1.88. The van der Waals surface area contributed by atoms with Crippen molar-refractivity contribution in [3.8, 4) is 39.8 Å². The van der Waals surface area contributed by atoms with Crippen molar-refractivity contribution in [2.24, 2.45) is 0 Å². The van der Waals surface area contributed by atoms with Crippen molar-refractivity contribution < 1.29 is 17.9 Å². The van der Waals surface area contributed by atoms with Crippen LogP contribution in [0.5, 0.6) is 5.75 Å². The number of ether oxygens (including phenoxy) is 1. The third-order valence-electron chi connectivity index (χ3n) is 5.38. The number of benzene rings is 2. The van der Waals surface area contributed by atoms with Crippen molar-refractivity contribution >= 4 is 11.6 Å². The van der Waals surface area contributed by atoms with Crippen molar-refractivity contribution in [1.29, 1.82) is 0 Å². The molecule has 0 fully saturated rings. The first-order valence-corrected chi connectivity index (χ1v) is 10.8. The summed E-state index contributed by atoms with van der Waals surface area (Å²) in [5.74, 6) is 1.56. The average molecular weight is 491 g/mol. The number of aromatic amines is 2. The van der Waals surface area contributed by atoms with E-state index in [0.29, 0.717) is 34.2 Å². The van der Waals surface area contributed by atoms with E-state index in [0.717, 1.165) is 17.3 Å². The molecule has 0 unspecified atom stereocenters. The number of rotatable bonds is 6. The summed E-state index contributed by atoms with van der Waals surface area (Å²) in [5, 5.41) is 2.87. The molecule has 8 nitrogen and oxygen atoms in total. The first kappa shape index (κ1) is 23.1. The molecule has 0 atom stereocenters. The molecule has 0 amide bonds. The van der Waals surface area contributed by atoms with Gasteiger partial charge in [-0.15, -0.1) is 0 Å². The fourth-order valence-electron chi connectivity index (χ4n) is 3.66. The summed E-state index contributed by atoms with van der Waals surface area (Å²) in [6, 6.07) is 12.9. The van der Waals surface area contributed by atoms with Crippen LogP contribution < -0.4 is 10.1 Å². The minimum atomic E-state index is -4.65. The van der Waals surface area contributed by atoms with Crippen LogP contribution in [0.4, 0.5) is 24.8 Å². The first-order valence-electron chi connectivity index (χ1n) is 10.8. The predicted molar refractivity (Wildman–Crippen MR) is 129 cm³/mol. The van der Waals surface area contributed by atoms with Gasteiger partial charge in [-0.3, -0.25) is 0 Å². The van der Waals surface area contributed by atoms with E-state index in [1.165, 1.54) is 7.11 Å². The number of anilines is 2. The maximum atomic E-state index is 13.7. The molecule has 0 aliphatic rings. The lowest BCUT2D eigenvalue weighted by Gasteiger charge is -2.13. The van der Waals surface area contributed by atoms with Gasteiger partial charge in [0.05, 0.1) is 18.4 Å². The zero-order valence-corrected chi connectivity index (χ0v) is 19.2. The third kappa shape index (κ3) is 4.76. The molecule has 0 bridgehead atoms. The maximum absolute atomic E-state index is 13.7. The number of methoxy groups -OCH3 is 1. The molecule has 2 aromatic carbocycles. The van der Waals surface area contributed by atoms with Gasteiger partial charge in [0.15, 0.2) is 5.69 Å². The Labute approximate surface area is 203 Å². The molecule has 182 valence electrons. The number of H-pyrrole nitrogens is 2. The smallest absolute Gasteiger partial charge is 0.433 e. The fraction of sp³-hybridized carbons (Fsp3) is 0.120. The highest BCUT2D eigenvalue weighted by molar-refractivity contribution is 5.71. The Bertz CT molecular complexity index is 1490. The third-order valence-corrected chi connectivity index (χ3v) is 5.38. The molecule has 3 heterocycles. The van der Waals surface area contributed by atoms with Crippen LogP contribution in [0.25, 0.3) is 34.0 Å². The minimum absolute atomic E-state index is 0.125. The van der Waals surface area contributed by atoms with Crippen LogP contribution in [0, 0.1) is 6.92 Å². The second-order valence-electron chi connectivity index (χ2n) is 7.93. The Morgan fingerprint density at radius 3 is 2.33 bits per heavy atom. The van der Waals surface area contributed by atoms with Crippen LogP contribution >= 0.6 is 0 Å². The van der Waals surface area contributed by atoms with Gasteiger partial charge in [0.25, 0.3) is 0 Å². The number of nitrogens with zero attached hydrogens (tertiary/aromatic N) is 4. The van der Waals surface area contributed by atoms with Crippen LogP contribution in [0.15, 0.2) is 67.1 Å². The molecule has 0 saturated heterocycles. The minimum Gasteiger partial charge on any atom is -0.496 e. The lowest BCUT2D eigenvalue weighted by molar-refractivity contribution is -0.141. The number of alkyl halides is 3. The van der Waals surface area contributed by atoms with Crippen molar-refractivity contribution in [1.82, 2.24) is 29.9 Å². The van der Waals surface area contributed by atoms with Gasteiger partial charge in [0.2, 0.25) is 5.95 Å². The van der Waals surface area contributed by atoms with Crippen LogP contribution in [-0.2, 0) is 6.18 Å². The van der Waals surface area contributed by atoms with Gasteiger partial charge < -0.3 is 20.0 Å². The largest absolute Gasteiger partial charge is 0.496 e. The Morgan fingerprint density at radius 2 is 1.69 bits per heavy atom. The van der Waals surface area contributed by atoms with Crippen molar-refractivity contribution in [3.05, 3.63) is 78.5 Å². The summed E-state index contributed by atoms with van der Waals surface area (Å²) in [4.78, 5) is 22.6.